The van der Waals surface area contributed by atoms with E-state index in [0.29, 0.717) is 5.75 Å². The van der Waals surface area contributed by atoms with Crippen molar-refractivity contribution in [3.05, 3.63) is 17.7 Å². The summed E-state index contributed by atoms with van der Waals surface area (Å²) in [6, 6.07) is 3.87. The molecule has 1 aliphatic rings. The Bertz CT molecular complexity index is 408. The van der Waals surface area contributed by atoms with E-state index >= 15 is 0 Å². The van der Waals surface area contributed by atoms with Crippen LogP contribution < -0.4 is 19.9 Å². The average molecular weight is 253 g/mol. The zero-order chi connectivity index (χ0) is 13.0. The second-order valence-electron chi connectivity index (χ2n) is 4.24. The molecule has 1 aliphatic heterocycles. The number of fused-ring (bicyclic) bond motifs is 1. The molecule has 5 nitrogen and oxygen atoms in total. The minimum absolute atomic E-state index is 0.107. The molecule has 0 aliphatic carbocycles. The van der Waals surface area contributed by atoms with E-state index in [4.69, 9.17) is 24.7 Å². The summed E-state index contributed by atoms with van der Waals surface area (Å²) < 4.78 is 21.2. The summed E-state index contributed by atoms with van der Waals surface area (Å²) in [5.41, 5.74) is 7.01. The molecule has 1 aromatic rings. The van der Waals surface area contributed by atoms with Gasteiger partial charge in [0.05, 0.1) is 0 Å². The minimum Gasteiger partial charge on any atom is -0.467 e. The van der Waals surface area contributed by atoms with Gasteiger partial charge < -0.3 is 24.7 Å². The van der Waals surface area contributed by atoms with Crippen LogP contribution in [-0.2, 0) is 11.2 Å². The van der Waals surface area contributed by atoms with Crippen LogP contribution >= 0.6 is 0 Å². The van der Waals surface area contributed by atoms with Gasteiger partial charge in [0.15, 0.2) is 18.3 Å². The molecule has 100 valence electrons. The Morgan fingerprint density at radius 1 is 1.33 bits per heavy atom. The van der Waals surface area contributed by atoms with Gasteiger partial charge in [-0.1, -0.05) is 6.92 Å². The number of methoxy groups -OCH3 is 1. The molecule has 5 heteroatoms. The minimum atomic E-state index is 0.107. The molecule has 2 N–H and O–H groups in total. The Morgan fingerprint density at radius 3 is 2.72 bits per heavy atom. The highest BCUT2D eigenvalue weighted by Crippen LogP contribution is 2.38. The molecule has 1 atom stereocenters. The topological polar surface area (TPSA) is 62.9 Å². The number of nitrogens with two attached hydrogens (primary N) is 1. The van der Waals surface area contributed by atoms with E-state index in [0.717, 1.165) is 29.9 Å². The number of hydrogen-bond donors (Lipinski definition) is 1. The molecule has 0 aromatic heterocycles. The first-order valence-corrected chi connectivity index (χ1v) is 6.04. The SMILES string of the molecule is CCC(N)Cc1cc2c(cc1OCOC)OCO2. The molecule has 2 rings (SSSR count). The largest absolute Gasteiger partial charge is 0.467 e. The van der Waals surface area contributed by atoms with Gasteiger partial charge in [0.1, 0.15) is 5.75 Å². The third kappa shape index (κ3) is 2.86. The predicted molar refractivity (Wildman–Crippen MR) is 67.0 cm³/mol. The molecule has 0 amide bonds. The van der Waals surface area contributed by atoms with Gasteiger partial charge in [0.25, 0.3) is 0 Å². The lowest BCUT2D eigenvalue weighted by Crippen LogP contribution is -2.21. The van der Waals surface area contributed by atoms with E-state index in [9.17, 15) is 0 Å². The summed E-state index contributed by atoms with van der Waals surface area (Å²) in [7, 11) is 1.59. The second-order valence-corrected chi connectivity index (χ2v) is 4.24. The van der Waals surface area contributed by atoms with E-state index in [1.54, 1.807) is 7.11 Å². The highest BCUT2D eigenvalue weighted by Gasteiger charge is 2.19. The molecule has 0 fully saturated rings. The van der Waals surface area contributed by atoms with Crippen LogP contribution in [0.5, 0.6) is 17.2 Å². The molecule has 0 saturated carbocycles. The summed E-state index contributed by atoms with van der Waals surface area (Å²) >= 11 is 0. The van der Waals surface area contributed by atoms with Gasteiger partial charge in [-0.15, -0.1) is 0 Å². The summed E-state index contributed by atoms with van der Waals surface area (Å²) in [4.78, 5) is 0. The first-order valence-electron chi connectivity index (χ1n) is 6.04. The van der Waals surface area contributed by atoms with Gasteiger partial charge in [0, 0.05) is 19.2 Å². The quantitative estimate of drug-likeness (QED) is 0.781. The van der Waals surface area contributed by atoms with Crippen molar-refractivity contribution in [3.63, 3.8) is 0 Å². The molecular formula is C13H19NO4. The molecule has 18 heavy (non-hydrogen) atoms. The third-order valence-electron chi connectivity index (χ3n) is 2.89. The maximum absolute atomic E-state index is 5.99. The zero-order valence-electron chi connectivity index (χ0n) is 10.8. The number of rotatable bonds is 6. The van der Waals surface area contributed by atoms with Crippen LogP contribution in [0.4, 0.5) is 0 Å². The summed E-state index contributed by atoms with van der Waals surface area (Å²) in [6.45, 7) is 2.52. The lowest BCUT2D eigenvalue weighted by atomic mass is 10.0. The highest BCUT2D eigenvalue weighted by atomic mass is 16.7. The molecule has 1 heterocycles. The van der Waals surface area contributed by atoms with Crippen molar-refractivity contribution >= 4 is 0 Å². The normalized spacial score (nSPS) is 14.6. The Balaban J connectivity index is 2.23. The molecule has 1 aromatic carbocycles. The van der Waals surface area contributed by atoms with Crippen molar-refractivity contribution in [1.29, 1.82) is 0 Å². The molecule has 0 spiro atoms. The fraction of sp³-hybridized carbons (Fsp3) is 0.538. The first kappa shape index (κ1) is 13.0. The van der Waals surface area contributed by atoms with Crippen LogP contribution in [0.15, 0.2) is 12.1 Å². The molecule has 0 bridgehead atoms. The Labute approximate surface area is 107 Å². The van der Waals surface area contributed by atoms with Gasteiger partial charge in [-0.05, 0) is 24.5 Å². The Kier molecular flexibility index (Phi) is 4.28. The fourth-order valence-corrected chi connectivity index (χ4v) is 1.81. The highest BCUT2D eigenvalue weighted by molar-refractivity contribution is 5.52. The van der Waals surface area contributed by atoms with Gasteiger partial charge in [-0.3, -0.25) is 0 Å². The monoisotopic (exact) mass is 253 g/mol. The lowest BCUT2D eigenvalue weighted by Gasteiger charge is -2.14. The van der Waals surface area contributed by atoms with Crippen LogP contribution in [0.1, 0.15) is 18.9 Å². The zero-order valence-corrected chi connectivity index (χ0v) is 10.8. The first-order chi connectivity index (χ1) is 8.74. The maximum Gasteiger partial charge on any atom is 0.231 e. The molecule has 0 saturated heterocycles. The molecular weight excluding hydrogens is 234 g/mol. The van der Waals surface area contributed by atoms with E-state index in [1.807, 2.05) is 12.1 Å². The lowest BCUT2D eigenvalue weighted by molar-refractivity contribution is 0.0502. The summed E-state index contributed by atoms with van der Waals surface area (Å²) in [5.74, 6) is 2.19. The second kappa shape index (κ2) is 5.93. The van der Waals surface area contributed by atoms with E-state index in [1.165, 1.54) is 0 Å². The van der Waals surface area contributed by atoms with Crippen LogP contribution in [0.2, 0.25) is 0 Å². The standard InChI is InChI=1S/C13H19NO4/c1-3-10(14)4-9-5-12-13(18-8-17-12)6-11(9)16-7-15-2/h5-6,10H,3-4,7-8,14H2,1-2H3. The predicted octanol–water partition coefficient (Wildman–Crippen LogP) is 1.68. The van der Waals surface area contributed by atoms with Gasteiger partial charge in [-0.25, -0.2) is 0 Å². The van der Waals surface area contributed by atoms with Crippen LogP contribution in [0.3, 0.4) is 0 Å². The molecule has 1 unspecified atom stereocenters. The van der Waals surface area contributed by atoms with Crippen molar-refractivity contribution in [1.82, 2.24) is 0 Å². The maximum atomic E-state index is 5.99. The van der Waals surface area contributed by atoms with Crippen molar-refractivity contribution in [2.24, 2.45) is 5.73 Å². The van der Waals surface area contributed by atoms with Crippen molar-refractivity contribution in [2.75, 3.05) is 20.7 Å². The van der Waals surface area contributed by atoms with Crippen molar-refractivity contribution in [2.45, 2.75) is 25.8 Å². The fourth-order valence-electron chi connectivity index (χ4n) is 1.81. The van der Waals surface area contributed by atoms with Crippen LogP contribution in [0, 0.1) is 0 Å². The van der Waals surface area contributed by atoms with E-state index < -0.39 is 0 Å². The van der Waals surface area contributed by atoms with Gasteiger partial charge in [0.2, 0.25) is 6.79 Å². The van der Waals surface area contributed by atoms with E-state index in [-0.39, 0.29) is 19.6 Å². The summed E-state index contributed by atoms with van der Waals surface area (Å²) in [5, 5.41) is 0. The molecule has 0 radical (unpaired) electrons. The smallest absolute Gasteiger partial charge is 0.231 e. The average Bonchev–Trinajstić information content (AvgIpc) is 2.82. The van der Waals surface area contributed by atoms with Crippen LogP contribution in [0.25, 0.3) is 0 Å². The number of ether oxygens (including phenoxy) is 4. The van der Waals surface area contributed by atoms with Gasteiger partial charge in [-0.2, -0.15) is 0 Å². The van der Waals surface area contributed by atoms with Crippen LogP contribution in [-0.4, -0.2) is 26.7 Å². The Morgan fingerprint density at radius 2 is 2.06 bits per heavy atom. The van der Waals surface area contributed by atoms with Crippen molar-refractivity contribution in [3.8, 4) is 17.2 Å². The Hall–Kier alpha value is -1.46. The van der Waals surface area contributed by atoms with E-state index in [2.05, 4.69) is 6.92 Å². The number of benzene rings is 1. The van der Waals surface area contributed by atoms with Gasteiger partial charge >= 0.3 is 0 Å². The van der Waals surface area contributed by atoms with Crippen molar-refractivity contribution < 1.29 is 18.9 Å². The summed E-state index contributed by atoms with van der Waals surface area (Å²) in [6.07, 6.45) is 1.66. The third-order valence-corrected chi connectivity index (χ3v) is 2.89. The number of hydrogen-bond acceptors (Lipinski definition) is 5.